The van der Waals surface area contributed by atoms with Crippen LogP contribution < -0.4 is 10.6 Å². The van der Waals surface area contributed by atoms with Gasteiger partial charge in [0.2, 0.25) is 0 Å². The predicted octanol–water partition coefficient (Wildman–Crippen LogP) is 2.73. The van der Waals surface area contributed by atoms with Crippen molar-refractivity contribution < 1.29 is 0 Å². The van der Waals surface area contributed by atoms with Gasteiger partial charge >= 0.3 is 0 Å². The zero-order chi connectivity index (χ0) is 11.5. The molecule has 1 N–H and O–H groups in total. The Morgan fingerprint density at radius 3 is 2.56 bits per heavy atom. The van der Waals surface area contributed by atoms with Crippen molar-refractivity contribution in [2.75, 3.05) is 25.5 Å². The average molecular weight is 213 g/mol. The fraction of sp³-hybridized carbons (Fsp3) is 0.286. The van der Waals surface area contributed by atoms with E-state index < -0.39 is 0 Å². The zero-order valence-electron chi connectivity index (χ0n) is 9.83. The SMILES string of the molecule is CN(C)c1cc(CC[NH])cc2ccccc12. The molecular formula is C14H17N2. The van der Waals surface area contributed by atoms with Gasteiger partial charge in [0, 0.05) is 31.7 Å². The number of rotatable bonds is 3. The van der Waals surface area contributed by atoms with E-state index in [9.17, 15) is 0 Å². The van der Waals surface area contributed by atoms with E-state index in [2.05, 4.69) is 55.4 Å². The molecule has 0 amide bonds. The standard InChI is InChI=1S/C14H17N2/c1-16(2)14-10-11(7-8-15)9-12-5-3-4-6-13(12)14/h3-6,9-10,15H,7-8H2,1-2H3. The zero-order valence-corrected chi connectivity index (χ0v) is 9.83. The van der Waals surface area contributed by atoms with Crippen molar-refractivity contribution in [2.24, 2.45) is 0 Å². The van der Waals surface area contributed by atoms with Crippen LogP contribution in [-0.4, -0.2) is 20.6 Å². The molecule has 2 nitrogen and oxygen atoms in total. The van der Waals surface area contributed by atoms with Crippen molar-refractivity contribution >= 4 is 16.5 Å². The van der Waals surface area contributed by atoms with Crippen LogP contribution in [0.4, 0.5) is 5.69 Å². The molecule has 2 rings (SSSR count). The summed E-state index contributed by atoms with van der Waals surface area (Å²) in [5.41, 5.74) is 9.80. The second kappa shape index (κ2) is 4.54. The molecule has 2 heteroatoms. The van der Waals surface area contributed by atoms with Crippen LogP contribution in [0.1, 0.15) is 5.56 Å². The van der Waals surface area contributed by atoms with E-state index in [1.165, 1.54) is 22.0 Å². The number of hydrogen-bond acceptors (Lipinski definition) is 1. The van der Waals surface area contributed by atoms with Gasteiger partial charge in [-0.2, -0.15) is 0 Å². The summed E-state index contributed by atoms with van der Waals surface area (Å²) in [6.07, 6.45) is 0.825. The van der Waals surface area contributed by atoms with E-state index in [0.29, 0.717) is 6.54 Å². The van der Waals surface area contributed by atoms with Gasteiger partial charge < -0.3 is 4.90 Å². The second-order valence-corrected chi connectivity index (χ2v) is 4.23. The summed E-state index contributed by atoms with van der Waals surface area (Å²) >= 11 is 0. The van der Waals surface area contributed by atoms with Gasteiger partial charge in [0.25, 0.3) is 0 Å². The lowest BCUT2D eigenvalue weighted by molar-refractivity contribution is 0.941. The van der Waals surface area contributed by atoms with E-state index in [1.54, 1.807) is 0 Å². The molecule has 0 saturated carbocycles. The number of nitrogens with zero attached hydrogens (tertiary/aromatic N) is 1. The lowest BCUT2D eigenvalue weighted by atomic mass is 10.0. The third-order valence-electron chi connectivity index (χ3n) is 2.80. The van der Waals surface area contributed by atoms with Crippen molar-refractivity contribution in [2.45, 2.75) is 6.42 Å². The van der Waals surface area contributed by atoms with Crippen molar-refractivity contribution in [3.05, 3.63) is 42.0 Å². The summed E-state index contributed by atoms with van der Waals surface area (Å²) in [6.45, 7) is 0.450. The predicted molar refractivity (Wildman–Crippen MR) is 69.9 cm³/mol. The smallest absolute Gasteiger partial charge is 0.0443 e. The summed E-state index contributed by atoms with van der Waals surface area (Å²) in [6, 6.07) is 12.8. The molecular weight excluding hydrogens is 196 g/mol. The van der Waals surface area contributed by atoms with Crippen LogP contribution in [0.3, 0.4) is 0 Å². The Morgan fingerprint density at radius 1 is 1.12 bits per heavy atom. The van der Waals surface area contributed by atoms with Crippen LogP contribution in [0.15, 0.2) is 36.4 Å². The van der Waals surface area contributed by atoms with Crippen LogP contribution in [0.5, 0.6) is 0 Å². The highest BCUT2D eigenvalue weighted by Crippen LogP contribution is 2.27. The maximum atomic E-state index is 7.31. The quantitative estimate of drug-likeness (QED) is 0.770. The van der Waals surface area contributed by atoms with Crippen molar-refractivity contribution in [3.63, 3.8) is 0 Å². The molecule has 1 radical (unpaired) electrons. The minimum absolute atomic E-state index is 0.450. The second-order valence-electron chi connectivity index (χ2n) is 4.23. The first-order chi connectivity index (χ1) is 7.72. The summed E-state index contributed by atoms with van der Waals surface area (Å²) in [5, 5.41) is 2.54. The molecule has 0 unspecified atom stereocenters. The Morgan fingerprint density at radius 2 is 1.88 bits per heavy atom. The molecule has 0 aliphatic carbocycles. The average Bonchev–Trinajstić information content (AvgIpc) is 2.28. The van der Waals surface area contributed by atoms with Gasteiger partial charge in [-0.3, -0.25) is 5.73 Å². The van der Waals surface area contributed by atoms with Gasteiger partial charge in [0.15, 0.2) is 0 Å². The fourth-order valence-corrected chi connectivity index (χ4v) is 2.01. The monoisotopic (exact) mass is 213 g/mol. The molecule has 2 aromatic carbocycles. The minimum Gasteiger partial charge on any atom is -0.377 e. The maximum absolute atomic E-state index is 7.31. The van der Waals surface area contributed by atoms with Gasteiger partial charge in [-0.1, -0.05) is 30.3 Å². The van der Waals surface area contributed by atoms with Gasteiger partial charge in [0.05, 0.1) is 0 Å². The van der Waals surface area contributed by atoms with Crippen LogP contribution in [0, 0.1) is 0 Å². The lowest BCUT2D eigenvalue weighted by Gasteiger charge is -2.17. The molecule has 0 aliphatic rings. The molecule has 0 aromatic heterocycles. The first-order valence-corrected chi connectivity index (χ1v) is 5.56. The van der Waals surface area contributed by atoms with Crippen LogP contribution >= 0.6 is 0 Å². The largest absolute Gasteiger partial charge is 0.377 e. The van der Waals surface area contributed by atoms with Crippen molar-refractivity contribution in [1.29, 1.82) is 0 Å². The Kier molecular flexibility index (Phi) is 3.11. The molecule has 16 heavy (non-hydrogen) atoms. The van der Waals surface area contributed by atoms with Gasteiger partial charge in [-0.15, -0.1) is 0 Å². The highest BCUT2D eigenvalue weighted by Gasteiger charge is 2.05. The molecule has 0 spiro atoms. The maximum Gasteiger partial charge on any atom is 0.0443 e. The highest BCUT2D eigenvalue weighted by atomic mass is 15.1. The summed E-state index contributed by atoms with van der Waals surface area (Å²) in [7, 11) is 4.12. The highest BCUT2D eigenvalue weighted by molar-refractivity contribution is 5.94. The van der Waals surface area contributed by atoms with E-state index >= 15 is 0 Å². The fourth-order valence-electron chi connectivity index (χ4n) is 2.01. The Labute approximate surface area is 96.7 Å². The third kappa shape index (κ3) is 2.02. The first kappa shape index (κ1) is 11.0. The number of hydrogen-bond donors (Lipinski definition) is 0. The summed E-state index contributed by atoms with van der Waals surface area (Å²) < 4.78 is 0. The lowest BCUT2D eigenvalue weighted by Crippen LogP contribution is -2.10. The molecule has 2 aromatic rings. The van der Waals surface area contributed by atoms with Crippen LogP contribution in [0.25, 0.3) is 10.8 Å². The third-order valence-corrected chi connectivity index (χ3v) is 2.80. The van der Waals surface area contributed by atoms with E-state index in [1.807, 2.05) is 0 Å². The molecule has 0 aliphatic heterocycles. The van der Waals surface area contributed by atoms with E-state index in [-0.39, 0.29) is 0 Å². The molecule has 83 valence electrons. The molecule has 0 heterocycles. The number of benzene rings is 2. The number of anilines is 1. The molecule has 0 saturated heterocycles. The van der Waals surface area contributed by atoms with E-state index in [0.717, 1.165) is 6.42 Å². The Hall–Kier alpha value is -1.54. The van der Waals surface area contributed by atoms with Gasteiger partial charge in [0.1, 0.15) is 0 Å². The number of fused-ring (bicyclic) bond motifs is 1. The first-order valence-electron chi connectivity index (χ1n) is 5.56. The van der Waals surface area contributed by atoms with Crippen LogP contribution in [0.2, 0.25) is 0 Å². The van der Waals surface area contributed by atoms with Gasteiger partial charge in [-0.05, 0) is 23.4 Å². The molecule has 0 atom stereocenters. The number of nitrogens with one attached hydrogen (secondary N) is 1. The summed E-state index contributed by atoms with van der Waals surface area (Å²) in [4.78, 5) is 2.13. The minimum atomic E-state index is 0.450. The molecule has 0 fully saturated rings. The summed E-state index contributed by atoms with van der Waals surface area (Å²) in [5.74, 6) is 0. The van der Waals surface area contributed by atoms with E-state index in [4.69, 9.17) is 5.73 Å². The van der Waals surface area contributed by atoms with Crippen LogP contribution in [-0.2, 0) is 6.42 Å². The van der Waals surface area contributed by atoms with Crippen molar-refractivity contribution in [3.8, 4) is 0 Å². The Balaban J connectivity index is 2.64. The normalized spacial score (nSPS) is 10.7. The topological polar surface area (TPSA) is 27.0 Å². The van der Waals surface area contributed by atoms with Gasteiger partial charge in [-0.25, -0.2) is 0 Å². The Bertz CT molecular complexity index is 489. The molecule has 0 bridgehead atoms. The van der Waals surface area contributed by atoms with Crippen molar-refractivity contribution in [1.82, 2.24) is 5.73 Å².